The molecule has 2 aromatic rings. The molecule has 3 N–H and O–H groups in total. The fourth-order valence-corrected chi connectivity index (χ4v) is 2.95. The third-order valence-corrected chi connectivity index (χ3v) is 4.28. The van der Waals surface area contributed by atoms with Crippen LogP contribution in [0.4, 0.5) is 11.4 Å². The van der Waals surface area contributed by atoms with Crippen LogP contribution in [0.1, 0.15) is 34.9 Å². The Hall–Kier alpha value is -2.93. The molecule has 2 unspecified atom stereocenters. The third-order valence-electron chi connectivity index (χ3n) is 4.28. The zero-order valence-corrected chi connectivity index (χ0v) is 13.6. The van der Waals surface area contributed by atoms with Gasteiger partial charge in [0.25, 0.3) is 11.6 Å². The standard InChI is InChI=1S/C18H19N3O4/c19-16-7-6-14(21(23)24)11-15(16)18(22)20-13-8-9-25-17(10-13)12-4-2-1-3-5-12/h1-7,11,13,17H,8-10,19H2,(H,20,22). The van der Waals surface area contributed by atoms with Gasteiger partial charge in [-0.3, -0.25) is 14.9 Å². The number of hydrogen-bond donors (Lipinski definition) is 2. The first-order chi connectivity index (χ1) is 12.0. The second-order valence-corrected chi connectivity index (χ2v) is 5.99. The Morgan fingerprint density at radius 2 is 2.00 bits per heavy atom. The number of nitrogens with one attached hydrogen (secondary N) is 1. The predicted molar refractivity (Wildman–Crippen MR) is 93.1 cm³/mol. The lowest BCUT2D eigenvalue weighted by Crippen LogP contribution is -2.40. The second kappa shape index (κ2) is 7.31. The van der Waals surface area contributed by atoms with Crippen LogP contribution in [0.15, 0.2) is 48.5 Å². The van der Waals surface area contributed by atoms with Crippen LogP contribution in [0, 0.1) is 10.1 Å². The van der Waals surface area contributed by atoms with E-state index in [-0.39, 0.29) is 29.1 Å². The number of nitrogen functional groups attached to an aromatic ring is 1. The van der Waals surface area contributed by atoms with Crippen LogP contribution in [0.2, 0.25) is 0 Å². The summed E-state index contributed by atoms with van der Waals surface area (Å²) in [5.41, 5.74) is 7.05. The van der Waals surface area contributed by atoms with Gasteiger partial charge in [0.15, 0.2) is 0 Å². The fraction of sp³-hybridized carbons (Fsp3) is 0.278. The van der Waals surface area contributed by atoms with Crippen molar-refractivity contribution in [3.8, 4) is 0 Å². The Morgan fingerprint density at radius 1 is 1.24 bits per heavy atom. The third kappa shape index (κ3) is 3.95. The molecule has 1 heterocycles. The van der Waals surface area contributed by atoms with Crippen LogP contribution in [-0.2, 0) is 4.74 Å². The average molecular weight is 341 g/mol. The van der Waals surface area contributed by atoms with Gasteiger partial charge in [0.05, 0.1) is 16.6 Å². The number of carbonyl (C=O) groups excluding carboxylic acids is 1. The van der Waals surface area contributed by atoms with Crippen molar-refractivity contribution in [2.45, 2.75) is 25.0 Å². The van der Waals surface area contributed by atoms with Crippen LogP contribution in [0.25, 0.3) is 0 Å². The van der Waals surface area contributed by atoms with Crippen molar-refractivity contribution in [1.82, 2.24) is 5.32 Å². The summed E-state index contributed by atoms with van der Waals surface area (Å²) in [6, 6.07) is 13.6. The van der Waals surface area contributed by atoms with Crippen molar-refractivity contribution < 1.29 is 14.5 Å². The lowest BCUT2D eigenvalue weighted by Gasteiger charge is -2.30. The van der Waals surface area contributed by atoms with Gasteiger partial charge >= 0.3 is 0 Å². The van der Waals surface area contributed by atoms with Crippen LogP contribution in [-0.4, -0.2) is 23.5 Å². The summed E-state index contributed by atoms with van der Waals surface area (Å²) in [5, 5.41) is 13.8. The van der Waals surface area contributed by atoms with Crippen LogP contribution in [0.3, 0.4) is 0 Å². The van der Waals surface area contributed by atoms with Crippen molar-refractivity contribution in [1.29, 1.82) is 0 Å². The molecule has 2 aromatic carbocycles. The number of benzene rings is 2. The first-order valence-electron chi connectivity index (χ1n) is 8.06. The Bertz CT molecular complexity index is 779. The molecule has 1 aliphatic rings. The number of hydrogen-bond acceptors (Lipinski definition) is 5. The normalized spacial score (nSPS) is 20.0. The number of rotatable bonds is 4. The Morgan fingerprint density at radius 3 is 2.72 bits per heavy atom. The van der Waals surface area contributed by atoms with Gasteiger partial charge in [-0.1, -0.05) is 30.3 Å². The topological polar surface area (TPSA) is 107 Å². The lowest BCUT2D eigenvalue weighted by atomic mass is 9.97. The molecule has 1 fully saturated rings. The maximum Gasteiger partial charge on any atom is 0.270 e. The van der Waals surface area contributed by atoms with Crippen molar-refractivity contribution in [2.24, 2.45) is 0 Å². The molecule has 130 valence electrons. The van der Waals surface area contributed by atoms with Crippen molar-refractivity contribution in [3.05, 3.63) is 69.8 Å². The van der Waals surface area contributed by atoms with Crippen molar-refractivity contribution in [3.63, 3.8) is 0 Å². The SMILES string of the molecule is Nc1ccc([N+](=O)[O-])cc1C(=O)NC1CCOC(c2ccccc2)C1. The first kappa shape index (κ1) is 16.9. The van der Waals surface area contributed by atoms with Gasteiger partial charge in [-0.25, -0.2) is 0 Å². The van der Waals surface area contributed by atoms with Crippen LogP contribution < -0.4 is 11.1 Å². The average Bonchev–Trinajstić information content (AvgIpc) is 2.62. The van der Waals surface area contributed by atoms with Crippen molar-refractivity contribution >= 4 is 17.3 Å². The lowest BCUT2D eigenvalue weighted by molar-refractivity contribution is -0.384. The number of nitro benzene ring substituents is 1. The molecule has 25 heavy (non-hydrogen) atoms. The molecule has 0 saturated carbocycles. The minimum Gasteiger partial charge on any atom is -0.398 e. The Balaban J connectivity index is 1.70. The van der Waals surface area contributed by atoms with Gasteiger partial charge in [-0.2, -0.15) is 0 Å². The summed E-state index contributed by atoms with van der Waals surface area (Å²) in [6.07, 6.45) is 1.25. The largest absolute Gasteiger partial charge is 0.398 e. The summed E-state index contributed by atoms with van der Waals surface area (Å²) in [7, 11) is 0. The highest BCUT2D eigenvalue weighted by Gasteiger charge is 2.26. The number of nitrogens with two attached hydrogens (primary N) is 1. The van der Waals surface area contributed by atoms with Gasteiger partial charge in [0.2, 0.25) is 0 Å². The van der Waals surface area contributed by atoms with E-state index in [1.807, 2.05) is 30.3 Å². The van der Waals surface area contributed by atoms with E-state index in [1.165, 1.54) is 18.2 Å². The van der Waals surface area contributed by atoms with Crippen molar-refractivity contribution in [2.75, 3.05) is 12.3 Å². The molecular formula is C18H19N3O4. The molecule has 0 spiro atoms. The highest BCUT2D eigenvalue weighted by molar-refractivity contribution is 5.99. The molecule has 0 aliphatic carbocycles. The van der Waals surface area contributed by atoms with E-state index in [4.69, 9.17) is 10.5 Å². The number of carbonyl (C=O) groups is 1. The minimum absolute atomic E-state index is 0.0786. The van der Waals surface area contributed by atoms with E-state index in [2.05, 4.69) is 5.32 Å². The molecule has 7 heteroatoms. The van der Waals surface area contributed by atoms with Crippen LogP contribution >= 0.6 is 0 Å². The van der Waals surface area contributed by atoms with E-state index < -0.39 is 10.8 Å². The highest BCUT2D eigenvalue weighted by atomic mass is 16.6. The van der Waals surface area contributed by atoms with E-state index in [9.17, 15) is 14.9 Å². The summed E-state index contributed by atoms with van der Waals surface area (Å²) < 4.78 is 5.79. The van der Waals surface area contributed by atoms with E-state index in [1.54, 1.807) is 0 Å². The van der Waals surface area contributed by atoms with E-state index in [0.29, 0.717) is 19.4 Å². The molecule has 7 nitrogen and oxygen atoms in total. The monoisotopic (exact) mass is 341 g/mol. The molecular weight excluding hydrogens is 322 g/mol. The predicted octanol–water partition coefficient (Wildman–Crippen LogP) is 2.83. The Labute approximate surface area is 144 Å². The maximum atomic E-state index is 12.5. The number of amides is 1. The summed E-state index contributed by atoms with van der Waals surface area (Å²) in [5.74, 6) is -0.403. The quantitative estimate of drug-likeness (QED) is 0.505. The van der Waals surface area contributed by atoms with Crippen LogP contribution in [0.5, 0.6) is 0 Å². The summed E-state index contributed by atoms with van der Waals surface area (Å²) in [6.45, 7) is 0.537. The van der Waals surface area contributed by atoms with Gasteiger partial charge in [0, 0.05) is 30.5 Å². The van der Waals surface area contributed by atoms with Gasteiger partial charge < -0.3 is 15.8 Å². The molecule has 1 aliphatic heterocycles. The maximum absolute atomic E-state index is 12.5. The molecule has 0 bridgehead atoms. The summed E-state index contributed by atoms with van der Waals surface area (Å²) >= 11 is 0. The number of anilines is 1. The zero-order valence-electron chi connectivity index (χ0n) is 13.6. The number of nitro groups is 1. The molecule has 2 atom stereocenters. The minimum atomic E-state index is -0.546. The molecule has 1 saturated heterocycles. The number of ether oxygens (including phenoxy) is 1. The molecule has 0 aromatic heterocycles. The first-order valence-corrected chi connectivity index (χ1v) is 8.06. The highest BCUT2D eigenvalue weighted by Crippen LogP contribution is 2.28. The Kier molecular flexibility index (Phi) is 4.95. The second-order valence-electron chi connectivity index (χ2n) is 5.99. The number of nitrogens with zero attached hydrogens (tertiary/aromatic N) is 1. The number of non-ortho nitro benzene ring substituents is 1. The fourth-order valence-electron chi connectivity index (χ4n) is 2.95. The van der Waals surface area contributed by atoms with Gasteiger partial charge in [0.1, 0.15) is 0 Å². The molecule has 1 amide bonds. The smallest absolute Gasteiger partial charge is 0.270 e. The summed E-state index contributed by atoms with van der Waals surface area (Å²) in [4.78, 5) is 22.8. The van der Waals surface area contributed by atoms with Gasteiger partial charge in [-0.15, -0.1) is 0 Å². The van der Waals surface area contributed by atoms with Gasteiger partial charge in [-0.05, 0) is 24.5 Å². The molecule has 0 radical (unpaired) electrons. The van der Waals surface area contributed by atoms with E-state index in [0.717, 1.165) is 5.56 Å². The molecule has 3 rings (SSSR count). The van der Waals surface area contributed by atoms with E-state index >= 15 is 0 Å². The zero-order chi connectivity index (χ0) is 17.8.